The molecule has 0 saturated heterocycles. The Morgan fingerprint density at radius 3 is 2.72 bits per heavy atom. The van der Waals surface area contributed by atoms with Gasteiger partial charge in [0.25, 0.3) is 0 Å². The lowest BCUT2D eigenvalue weighted by atomic mass is 10.1. The zero-order valence-electron chi connectivity index (χ0n) is 10.3. The first kappa shape index (κ1) is 12.8. The fourth-order valence-corrected chi connectivity index (χ4v) is 2.86. The molecule has 0 unspecified atom stereocenters. The number of hydrogen-bond acceptors (Lipinski definition) is 3. The van der Waals surface area contributed by atoms with Gasteiger partial charge < -0.3 is 14.8 Å². The smallest absolute Gasteiger partial charge is 0.338 e. The van der Waals surface area contributed by atoms with Crippen molar-refractivity contribution in [1.29, 1.82) is 0 Å². The van der Waals surface area contributed by atoms with E-state index in [-0.39, 0.29) is 5.75 Å². The summed E-state index contributed by atoms with van der Waals surface area (Å²) in [5.74, 6) is -0.207. The van der Waals surface area contributed by atoms with E-state index in [0.29, 0.717) is 23.2 Å². The molecule has 0 aliphatic rings. The van der Waals surface area contributed by atoms with E-state index in [1.165, 1.54) is 6.07 Å². The Morgan fingerprint density at radius 2 is 2.17 bits per heavy atom. The van der Waals surface area contributed by atoms with E-state index in [2.05, 4.69) is 0 Å². The minimum absolute atomic E-state index is 0.0916. The fourth-order valence-electron chi connectivity index (χ4n) is 2.28. The number of phenolic OH excluding ortho intramolecular Hbond substituents is 1. The molecule has 1 aromatic carbocycles. The number of carboxylic acid groups (broad SMARTS) is 1. The molecule has 1 heterocycles. The highest BCUT2D eigenvalue weighted by Gasteiger charge is 2.21. The fraction of sp³-hybridized carbons (Fsp3) is 0.308. The van der Waals surface area contributed by atoms with Gasteiger partial charge in [0.15, 0.2) is 0 Å². The molecule has 0 saturated carbocycles. The Bertz CT molecular complexity index is 604. The summed E-state index contributed by atoms with van der Waals surface area (Å²) < 4.78 is 1.99. The van der Waals surface area contributed by atoms with E-state index < -0.39 is 5.97 Å². The second kappa shape index (κ2) is 4.94. The predicted molar refractivity (Wildman–Crippen MR) is 73.5 cm³/mol. The van der Waals surface area contributed by atoms with Crippen LogP contribution in [0.15, 0.2) is 18.2 Å². The maximum Gasteiger partial charge on any atom is 0.338 e. The molecule has 0 radical (unpaired) electrons. The van der Waals surface area contributed by atoms with E-state index in [4.69, 9.17) is 0 Å². The number of thioether (sulfide) groups is 1. The molecule has 1 aromatic heterocycles. The Labute approximate surface area is 109 Å². The quantitative estimate of drug-likeness (QED) is 0.892. The maximum atomic E-state index is 11.4. The van der Waals surface area contributed by atoms with Gasteiger partial charge in [-0.15, -0.1) is 0 Å². The van der Waals surface area contributed by atoms with Crippen LogP contribution in [0.1, 0.15) is 23.0 Å². The van der Waals surface area contributed by atoms with Crippen molar-refractivity contribution in [2.45, 2.75) is 19.2 Å². The molecule has 0 amide bonds. The molecule has 0 spiro atoms. The van der Waals surface area contributed by atoms with Gasteiger partial charge in [-0.25, -0.2) is 4.79 Å². The van der Waals surface area contributed by atoms with E-state index in [9.17, 15) is 15.0 Å². The number of aromatic hydroxyl groups is 1. The average molecular weight is 265 g/mol. The van der Waals surface area contributed by atoms with Gasteiger partial charge in [0.2, 0.25) is 0 Å². The van der Waals surface area contributed by atoms with Crippen molar-refractivity contribution in [1.82, 2.24) is 4.57 Å². The number of hydrogen-bond donors (Lipinski definition) is 2. The molecule has 0 aliphatic heterocycles. The van der Waals surface area contributed by atoms with Crippen LogP contribution in [0.5, 0.6) is 5.75 Å². The standard InChI is InChI=1S/C13H15NO3S/c1-3-14-10-5-4-8(15)6-9(10)12(13(16)17)11(14)7-18-2/h4-6,15H,3,7H2,1-2H3,(H,16,17). The molecule has 0 aliphatic carbocycles. The number of phenols is 1. The third-order valence-corrected chi connectivity index (χ3v) is 3.53. The van der Waals surface area contributed by atoms with Gasteiger partial charge in [0.1, 0.15) is 5.75 Å². The molecule has 0 bridgehead atoms. The Hall–Kier alpha value is -1.62. The lowest BCUT2D eigenvalue weighted by Crippen LogP contribution is -2.05. The third-order valence-electron chi connectivity index (χ3n) is 2.97. The summed E-state index contributed by atoms with van der Waals surface area (Å²) in [6.07, 6.45) is 1.95. The first-order chi connectivity index (χ1) is 8.60. The lowest BCUT2D eigenvalue weighted by Gasteiger charge is -2.07. The summed E-state index contributed by atoms with van der Waals surface area (Å²) in [7, 11) is 0. The number of aryl methyl sites for hydroxylation is 1. The highest BCUT2D eigenvalue weighted by Crippen LogP contribution is 2.31. The van der Waals surface area contributed by atoms with Crippen molar-refractivity contribution in [3.63, 3.8) is 0 Å². The normalized spacial score (nSPS) is 11.0. The minimum atomic E-state index is -0.943. The van der Waals surface area contributed by atoms with Gasteiger partial charge in [-0.2, -0.15) is 11.8 Å². The van der Waals surface area contributed by atoms with Crippen molar-refractivity contribution in [3.05, 3.63) is 29.5 Å². The number of fused-ring (bicyclic) bond motifs is 1. The summed E-state index contributed by atoms with van der Waals surface area (Å²) in [5.41, 5.74) is 1.96. The van der Waals surface area contributed by atoms with Crippen LogP contribution < -0.4 is 0 Å². The molecule has 2 aromatic rings. The molecule has 18 heavy (non-hydrogen) atoms. The van der Waals surface area contributed by atoms with Crippen LogP contribution in [-0.4, -0.2) is 27.0 Å². The Balaban J connectivity index is 2.85. The van der Waals surface area contributed by atoms with Gasteiger partial charge in [-0.3, -0.25) is 0 Å². The highest BCUT2D eigenvalue weighted by molar-refractivity contribution is 7.97. The minimum Gasteiger partial charge on any atom is -0.508 e. The molecular formula is C13H15NO3S. The maximum absolute atomic E-state index is 11.4. The van der Waals surface area contributed by atoms with E-state index >= 15 is 0 Å². The molecule has 2 rings (SSSR count). The summed E-state index contributed by atoms with van der Waals surface area (Å²) in [6, 6.07) is 4.88. The number of aromatic nitrogens is 1. The number of carboxylic acids is 1. The van der Waals surface area contributed by atoms with Gasteiger partial charge in [0.05, 0.1) is 5.56 Å². The topological polar surface area (TPSA) is 62.5 Å². The molecule has 0 atom stereocenters. The van der Waals surface area contributed by atoms with Crippen molar-refractivity contribution in [2.24, 2.45) is 0 Å². The average Bonchev–Trinajstić information content (AvgIpc) is 2.62. The lowest BCUT2D eigenvalue weighted by molar-refractivity contribution is 0.0698. The molecular weight excluding hydrogens is 250 g/mol. The first-order valence-corrected chi connectivity index (χ1v) is 7.05. The van der Waals surface area contributed by atoms with Crippen molar-refractivity contribution in [3.8, 4) is 5.75 Å². The van der Waals surface area contributed by atoms with Gasteiger partial charge in [-0.1, -0.05) is 0 Å². The number of aromatic carboxylic acids is 1. The van der Waals surface area contributed by atoms with Crippen LogP contribution in [0.25, 0.3) is 10.9 Å². The van der Waals surface area contributed by atoms with E-state index in [0.717, 1.165) is 11.2 Å². The zero-order valence-corrected chi connectivity index (χ0v) is 11.1. The first-order valence-electron chi connectivity index (χ1n) is 5.66. The second-order valence-electron chi connectivity index (χ2n) is 4.01. The van der Waals surface area contributed by atoms with Crippen LogP contribution in [0.4, 0.5) is 0 Å². The van der Waals surface area contributed by atoms with Gasteiger partial charge in [-0.05, 0) is 31.4 Å². The third kappa shape index (κ3) is 1.95. The highest BCUT2D eigenvalue weighted by atomic mass is 32.2. The largest absolute Gasteiger partial charge is 0.508 e. The van der Waals surface area contributed by atoms with Gasteiger partial charge >= 0.3 is 5.97 Å². The Kier molecular flexibility index (Phi) is 3.52. The number of carbonyl (C=O) groups is 1. The van der Waals surface area contributed by atoms with Crippen LogP contribution >= 0.6 is 11.8 Å². The van der Waals surface area contributed by atoms with Gasteiger partial charge in [0, 0.05) is 28.9 Å². The number of benzene rings is 1. The summed E-state index contributed by atoms with van der Waals surface area (Å²) >= 11 is 1.59. The van der Waals surface area contributed by atoms with Crippen molar-refractivity contribution < 1.29 is 15.0 Å². The van der Waals surface area contributed by atoms with E-state index in [1.54, 1.807) is 23.9 Å². The molecule has 96 valence electrons. The molecule has 2 N–H and O–H groups in total. The van der Waals surface area contributed by atoms with Crippen LogP contribution in [0.2, 0.25) is 0 Å². The van der Waals surface area contributed by atoms with Crippen molar-refractivity contribution >= 4 is 28.6 Å². The molecule has 4 nitrogen and oxygen atoms in total. The summed E-state index contributed by atoms with van der Waals surface area (Å²) in [5, 5.41) is 19.5. The van der Waals surface area contributed by atoms with E-state index in [1.807, 2.05) is 17.7 Å². The second-order valence-corrected chi connectivity index (χ2v) is 4.87. The number of rotatable bonds is 4. The summed E-state index contributed by atoms with van der Waals surface area (Å²) in [4.78, 5) is 11.4. The van der Waals surface area contributed by atoms with Crippen LogP contribution in [-0.2, 0) is 12.3 Å². The monoisotopic (exact) mass is 265 g/mol. The number of nitrogens with zero attached hydrogens (tertiary/aromatic N) is 1. The SMILES string of the molecule is CCn1c(CSC)c(C(=O)O)c2cc(O)ccc21. The zero-order chi connectivity index (χ0) is 13.3. The Morgan fingerprint density at radius 1 is 1.44 bits per heavy atom. The molecule has 5 heteroatoms. The van der Waals surface area contributed by atoms with Crippen LogP contribution in [0.3, 0.4) is 0 Å². The predicted octanol–water partition coefficient (Wildman–Crippen LogP) is 2.93. The molecule has 0 fully saturated rings. The van der Waals surface area contributed by atoms with Crippen LogP contribution in [0, 0.1) is 0 Å². The van der Waals surface area contributed by atoms with Crippen molar-refractivity contribution in [2.75, 3.05) is 6.26 Å². The summed E-state index contributed by atoms with van der Waals surface area (Å²) in [6.45, 7) is 2.70.